The summed E-state index contributed by atoms with van der Waals surface area (Å²) in [4.78, 5) is 14.6. The van der Waals surface area contributed by atoms with E-state index in [0.29, 0.717) is 13.2 Å². The Balaban J connectivity index is 1.87. The van der Waals surface area contributed by atoms with Crippen LogP contribution in [-0.4, -0.2) is 64.5 Å². The molecule has 2 fully saturated rings. The number of nitrogens with zero attached hydrogens (tertiary/aromatic N) is 1. The summed E-state index contributed by atoms with van der Waals surface area (Å²) < 4.78 is 28.4. The van der Waals surface area contributed by atoms with E-state index in [4.69, 9.17) is 23.7 Å². The van der Waals surface area contributed by atoms with E-state index in [9.17, 15) is 4.79 Å². The van der Waals surface area contributed by atoms with Gasteiger partial charge in [0, 0.05) is 19.9 Å². The molecule has 27 heavy (non-hydrogen) atoms. The summed E-state index contributed by atoms with van der Waals surface area (Å²) in [5, 5.41) is 0. The normalized spacial score (nSPS) is 29.7. The molecular weight excluding hydrogens is 350 g/mol. The average molecular weight is 379 g/mol. The Morgan fingerprint density at radius 2 is 1.59 bits per heavy atom. The number of ether oxygens (including phenoxy) is 5. The van der Waals surface area contributed by atoms with Crippen molar-refractivity contribution in [1.82, 2.24) is 0 Å². The maximum Gasteiger partial charge on any atom is 0.232 e. The Morgan fingerprint density at radius 3 is 2.04 bits per heavy atom. The maximum absolute atomic E-state index is 12.8. The molecule has 0 N–H and O–H groups in total. The van der Waals surface area contributed by atoms with E-state index in [1.54, 1.807) is 26.2 Å². The van der Waals surface area contributed by atoms with Crippen molar-refractivity contribution in [3.8, 4) is 5.75 Å². The van der Waals surface area contributed by atoms with Crippen LogP contribution < -0.4 is 9.64 Å². The molecule has 150 valence electrons. The van der Waals surface area contributed by atoms with Gasteiger partial charge >= 0.3 is 0 Å². The van der Waals surface area contributed by atoms with Gasteiger partial charge in [-0.1, -0.05) is 6.92 Å². The molecule has 2 saturated heterocycles. The fourth-order valence-corrected chi connectivity index (χ4v) is 4.11. The second kappa shape index (κ2) is 8.14. The Bertz CT molecular complexity index is 634. The number of hydrogen-bond donors (Lipinski definition) is 0. The fraction of sp³-hybridized carbons (Fsp3) is 0.650. The van der Waals surface area contributed by atoms with Gasteiger partial charge in [0.15, 0.2) is 5.79 Å². The van der Waals surface area contributed by atoms with Crippen molar-refractivity contribution in [3.05, 3.63) is 24.3 Å². The molecule has 3 rings (SSSR count). The van der Waals surface area contributed by atoms with Crippen LogP contribution in [0.2, 0.25) is 0 Å². The van der Waals surface area contributed by atoms with Gasteiger partial charge in [0.25, 0.3) is 0 Å². The number of benzene rings is 1. The molecule has 0 saturated carbocycles. The van der Waals surface area contributed by atoms with Gasteiger partial charge in [-0.15, -0.1) is 0 Å². The zero-order valence-corrected chi connectivity index (χ0v) is 16.6. The minimum atomic E-state index is -0.930. The van der Waals surface area contributed by atoms with Gasteiger partial charge < -0.3 is 28.6 Å². The van der Waals surface area contributed by atoms with Crippen LogP contribution in [0.1, 0.15) is 20.3 Å². The molecule has 2 aliphatic heterocycles. The Hall–Kier alpha value is -1.67. The molecule has 0 aliphatic carbocycles. The second-order valence-electron chi connectivity index (χ2n) is 7.11. The van der Waals surface area contributed by atoms with Crippen LogP contribution >= 0.6 is 0 Å². The largest absolute Gasteiger partial charge is 0.497 e. The molecule has 1 aromatic rings. The number of β-lactam (4-membered cyclic amide) rings is 1. The predicted molar refractivity (Wildman–Crippen MR) is 100.0 cm³/mol. The number of rotatable bonds is 8. The zero-order chi connectivity index (χ0) is 19.6. The summed E-state index contributed by atoms with van der Waals surface area (Å²) in [7, 11) is 4.88. The van der Waals surface area contributed by atoms with E-state index in [0.717, 1.165) is 17.9 Å². The van der Waals surface area contributed by atoms with Crippen LogP contribution in [0.3, 0.4) is 0 Å². The summed E-state index contributed by atoms with van der Waals surface area (Å²) in [5.41, 5.74) is 0.808. The molecule has 2 heterocycles. The molecule has 7 heteroatoms. The van der Waals surface area contributed by atoms with E-state index in [2.05, 4.69) is 0 Å². The molecule has 1 aromatic carbocycles. The Labute approximate surface area is 160 Å². The van der Waals surface area contributed by atoms with Crippen LogP contribution in [0.5, 0.6) is 5.75 Å². The van der Waals surface area contributed by atoms with Gasteiger partial charge in [-0.25, -0.2) is 0 Å². The van der Waals surface area contributed by atoms with Crippen molar-refractivity contribution in [2.45, 2.75) is 44.3 Å². The quantitative estimate of drug-likeness (QED) is 0.646. The fourth-order valence-electron chi connectivity index (χ4n) is 4.11. The smallest absolute Gasteiger partial charge is 0.232 e. The molecule has 7 nitrogen and oxygen atoms in total. The molecule has 0 unspecified atom stereocenters. The number of carbonyl (C=O) groups excluding carboxylic acids is 1. The second-order valence-corrected chi connectivity index (χ2v) is 7.11. The van der Waals surface area contributed by atoms with Crippen molar-refractivity contribution in [2.24, 2.45) is 5.92 Å². The van der Waals surface area contributed by atoms with Gasteiger partial charge in [0.05, 0.1) is 26.2 Å². The highest BCUT2D eigenvalue weighted by Gasteiger charge is 2.61. The first kappa shape index (κ1) is 20.1. The van der Waals surface area contributed by atoms with Crippen LogP contribution in [0.15, 0.2) is 24.3 Å². The van der Waals surface area contributed by atoms with Gasteiger partial charge in [0.1, 0.15) is 24.0 Å². The third-order valence-electron chi connectivity index (χ3n) is 5.39. The first-order valence-corrected chi connectivity index (χ1v) is 9.29. The third-order valence-corrected chi connectivity index (χ3v) is 5.39. The molecule has 0 radical (unpaired) electrons. The molecule has 2 aliphatic rings. The predicted octanol–water partition coefficient (Wildman–Crippen LogP) is 2.23. The molecule has 1 amide bonds. The highest BCUT2D eigenvalue weighted by Crippen LogP contribution is 2.46. The third kappa shape index (κ3) is 3.57. The Morgan fingerprint density at radius 1 is 1.04 bits per heavy atom. The number of carbonyl (C=O) groups is 1. The van der Waals surface area contributed by atoms with Crippen molar-refractivity contribution in [3.63, 3.8) is 0 Å². The van der Waals surface area contributed by atoms with Crippen LogP contribution in [-0.2, 0) is 23.7 Å². The van der Waals surface area contributed by atoms with Gasteiger partial charge in [-0.3, -0.25) is 4.79 Å². The minimum absolute atomic E-state index is 0.0829. The van der Waals surface area contributed by atoms with Crippen molar-refractivity contribution in [1.29, 1.82) is 0 Å². The summed E-state index contributed by atoms with van der Waals surface area (Å²) in [6.07, 6.45) is 0.235. The average Bonchev–Trinajstić information content (AvgIpc) is 2.97. The molecule has 4 atom stereocenters. The first-order valence-electron chi connectivity index (χ1n) is 9.29. The number of anilines is 1. The van der Waals surface area contributed by atoms with E-state index >= 15 is 0 Å². The topological polar surface area (TPSA) is 66.5 Å². The van der Waals surface area contributed by atoms with Crippen molar-refractivity contribution in [2.75, 3.05) is 39.4 Å². The lowest BCUT2D eigenvalue weighted by molar-refractivity contribution is -0.204. The highest BCUT2D eigenvalue weighted by molar-refractivity contribution is 6.03. The number of methoxy groups -OCH3 is 3. The van der Waals surface area contributed by atoms with Crippen LogP contribution in [0, 0.1) is 5.92 Å². The van der Waals surface area contributed by atoms with Crippen molar-refractivity contribution >= 4 is 11.6 Å². The van der Waals surface area contributed by atoms with Crippen LogP contribution in [0.25, 0.3) is 0 Å². The van der Waals surface area contributed by atoms with Gasteiger partial charge in [-0.2, -0.15) is 0 Å². The van der Waals surface area contributed by atoms with Crippen molar-refractivity contribution < 1.29 is 28.5 Å². The SMILES string of the molecule is CC[C@@H]1C(=O)N(c2ccc(OC)cc2)[C@@H]1C1(C)O[C@@H](COC)[C@H](COC)O1. The monoisotopic (exact) mass is 379 g/mol. The maximum atomic E-state index is 12.8. The number of hydrogen-bond acceptors (Lipinski definition) is 6. The standard InChI is InChI=1S/C20H29NO6/c1-6-15-18(20(2)26-16(11-23-3)17(27-20)12-24-4)21(19(15)22)13-7-9-14(25-5)10-8-13/h7-10,15-18H,6,11-12H2,1-5H3/t15-,16-,17-,18-/m0/s1. The van der Waals surface area contributed by atoms with E-state index in [-0.39, 0.29) is 30.1 Å². The molecule has 0 bridgehead atoms. The van der Waals surface area contributed by atoms with E-state index in [1.165, 1.54) is 0 Å². The molecule has 0 aromatic heterocycles. The number of amides is 1. The molecular formula is C20H29NO6. The molecule has 0 spiro atoms. The lowest BCUT2D eigenvalue weighted by atomic mass is 9.79. The lowest BCUT2D eigenvalue weighted by Gasteiger charge is -2.52. The Kier molecular flexibility index (Phi) is 6.05. The van der Waals surface area contributed by atoms with Crippen LogP contribution in [0.4, 0.5) is 5.69 Å². The highest BCUT2D eigenvalue weighted by atomic mass is 16.8. The summed E-state index contributed by atoms with van der Waals surface area (Å²) in [5.74, 6) is -0.252. The summed E-state index contributed by atoms with van der Waals surface area (Å²) >= 11 is 0. The lowest BCUT2D eigenvalue weighted by Crippen LogP contribution is -2.70. The van der Waals surface area contributed by atoms with E-state index in [1.807, 2.05) is 38.1 Å². The first-order chi connectivity index (χ1) is 13.0. The summed E-state index contributed by atoms with van der Waals surface area (Å²) in [6, 6.07) is 7.24. The van der Waals surface area contributed by atoms with Gasteiger partial charge in [-0.05, 0) is 37.6 Å². The summed E-state index contributed by atoms with van der Waals surface area (Å²) in [6.45, 7) is 4.73. The zero-order valence-electron chi connectivity index (χ0n) is 16.6. The van der Waals surface area contributed by atoms with E-state index < -0.39 is 5.79 Å². The minimum Gasteiger partial charge on any atom is -0.497 e. The van der Waals surface area contributed by atoms with Gasteiger partial charge in [0.2, 0.25) is 5.91 Å².